The van der Waals surface area contributed by atoms with Crippen LogP contribution in [0.3, 0.4) is 0 Å². The minimum absolute atomic E-state index is 0.120. The number of alkyl halides is 3. The predicted molar refractivity (Wildman–Crippen MR) is 125 cm³/mol. The van der Waals surface area contributed by atoms with Crippen molar-refractivity contribution in [1.82, 2.24) is 4.57 Å². The van der Waals surface area contributed by atoms with Crippen molar-refractivity contribution in [2.24, 2.45) is 0 Å². The standard InChI is InChI=1S/C22H11F5N2O.C6H4/c1-2-13-5-3-4-6-16(13)20-10-18(22(25,26)27)17(11-28)21(30)29(20)12-14-7-8-15(23)9-19(14)24;1-2-6-4-3-5(1)6/h1,3-10H,12H2;1-4H. The number of terminal acetylenes is 1. The molecular weight excluding hydrogens is 475 g/mol. The lowest BCUT2D eigenvalue weighted by molar-refractivity contribution is -0.137. The Morgan fingerprint density at radius 1 is 0.917 bits per heavy atom. The summed E-state index contributed by atoms with van der Waals surface area (Å²) < 4.78 is 68.8. The van der Waals surface area contributed by atoms with E-state index >= 15 is 0 Å². The number of aromatic nitrogens is 1. The van der Waals surface area contributed by atoms with Gasteiger partial charge in [0.15, 0.2) is 0 Å². The number of hydrogen-bond acceptors (Lipinski definition) is 2. The third-order valence-electron chi connectivity index (χ3n) is 5.64. The van der Waals surface area contributed by atoms with Crippen LogP contribution in [0.4, 0.5) is 22.0 Å². The summed E-state index contributed by atoms with van der Waals surface area (Å²) in [5, 5.41) is 9.19. The van der Waals surface area contributed by atoms with Gasteiger partial charge >= 0.3 is 6.18 Å². The Morgan fingerprint density at radius 3 is 2.06 bits per heavy atom. The number of nitriles is 1. The van der Waals surface area contributed by atoms with Gasteiger partial charge in [0.05, 0.1) is 17.8 Å². The molecule has 0 fully saturated rings. The smallest absolute Gasteiger partial charge is 0.303 e. The summed E-state index contributed by atoms with van der Waals surface area (Å²) in [6.07, 6.45) is 0.454. The van der Waals surface area contributed by atoms with Gasteiger partial charge in [0.25, 0.3) is 5.56 Å². The molecule has 0 spiro atoms. The molecule has 36 heavy (non-hydrogen) atoms. The molecule has 0 N–H and O–H groups in total. The summed E-state index contributed by atoms with van der Waals surface area (Å²) in [6, 6.07) is 19.0. The van der Waals surface area contributed by atoms with Gasteiger partial charge in [-0.05, 0) is 29.3 Å². The van der Waals surface area contributed by atoms with Crippen LogP contribution >= 0.6 is 0 Å². The molecule has 3 nitrogen and oxygen atoms in total. The van der Waals surface area contributed by atoms with E-state index in [0.29, 0.717) is 12.1 Å². The summed E-state index contributed by atoms with van der Waals surface area (Å²) in [4.78, 5) is 12.8. The van der Waals surface area contributed by atoms with E-state index in [0.717, 1.165) is 16.7 Å². The molecule has 2 aromatic carbocycles. The molecule has 0 unspecified atom stereocenters. The van der Waals surface area contributed by atoms with Crippen molar-refractivity contribution in [1.29, 1.82) is 5.26 Å². The summed E-state index contributed by atoms with van der Waals surface area (Å²) in [7, 11) is 0. The lowest BCUT2D eigenvalue weighted by Crippen LogP contribution is -2.29. The molecule has 0 saturated heterocycles. The van der Waals surface area contributed by atoms with Gasteiger partial charge in [0.2, 0.25) is 0 Å². The third kappa shape index (κ3) is 4.62. The summed E-state index contributed by atoms with van der Waals surface area (Å²) >= 11 is 0. The molecule has 8 heteroatoms. The average molecular weight is 490 g/mol. The molecule has 5 rings (SSSR count). The lowest BCUT2D eigenvalue weighted by Gasteiger charge is -2.18. The van der Waals surface area contributed by atoms with Gasteiger partial charge in [-0.15, -0.1) is 6.42 Å². The van der Waals surface area contributed by atoms with Crippen molar-refractivity contribution in [3.8, 4) is 40.8 Å². The highest BCUT2D eigenvalue weighted by molar-refractivity contribution is 5.75. The first-order valence-corrected chi connectivity index (χ1v) is 10.5. The van der Waals surface area contributed by atoms with E-state index in [4.69, 9.17) is 6.42 Å². The Balaban J connectivity index is 0.000000434. The second kappa shape index (κ2) is 9.52. The highest BCUT2D eigenvalue weighted by Gasteiger charge is 2.36. The predicted octanol–water partition coefficient (Wildman–Crippen LogP) is 6.38. The summed E-state index contributed by atoms with van der Waals surface area (Å²) in [5.74, 6) is 0.481. The molecule has 1 aromatic heterocycles. The number of rotatable bonds is 3. The van der Waals surface area contributed by atoms with Gasteiger partial charge in [0.1, 0.15) is 23.3 Å². The van der Waals surface area contributed by atoms with Crippen LogP contribution in [-0.4, -0.2) is 4.57 Å². The minimum atomic E-state index is -4.98. The molecule has 0 amide bonds. The molecule has 1 heterocycles. The van der Waals surface area contributed by atoms with E-state index in [2.05, 4.69) is 30.2 Å². The summed E-state index contributed by atoms with van der Waals surface area (Å²) in [5.41, 5.74) is -1.05. The molecule has 0 aliphatic heterocycles. The van der Waals surface area contributed by atoms with E-state index in [1.165, 1.54) is 35.4 Å². The molecule has 0 bridgehead atoms. The highest BCUT2D eigenvalue weighted by atomic mass is 19.4. The molecule has 2 aliphatic carbocycles. The monoisotopic (exact) mass is 490 g/mol. The van der Waals surface area contributed by atoms with Crippen LogP contribution < -0.4 is 5.56 Å². The zero-order valence-corrected chi connectivity index (χ0v) is 18.4. The van der Waals surface area contributed by atoms with Crippen LogP contribution in [0.2, 0.25) is 0 Å². The number of fused-ring (bicyclic) bond motifs is 1. The van der Waals surface area contributed by atoms with Crippen LogP contribution in [0.15, 0.2) is 77.6 Å². The fourth-order valence-corrected chi connectivity index (χ4v) is 3.67. The Labute approximate surface area is 202 Å². The summed E-state index contributed by atoms with van der Waals surface area (Å²) in [6.45, 7) is -0.536. The van der Waals surface area contributed by atoms with E-state index in [1.54, 1.807) is 6.07 Å². The second-order valence-electron chi connectivity index (χ2n) is 7.82. The number of hydrogen-bond donors (Lipinski definition) is 0. The number of benzene rings is 3. The van der Waals surface area contributed by atoms with Crippen molar-refractivity contribution in [3.05, 3.63) is 117 Å². The second-order valence-corrected chi connectivity index (χ2v) is 7.82. The van der Waals surface area contributed by atoms with Gasteiger partial charge in [-0.1, -0.05) is 54.5 Å². The van der Waals surface area contributed by atoms with Gasteiger partial charge in [0, 0.05) is 22.8 Å². The Bertz CT molecular complexity index is 1580. The quantitative estimate of drug-likeness (QED) is 0.218. The molecule has 0 saturated carbocycles. The van der Waals surface area contributed by atoms with Crippen LogP contribution in [-0.2, 0) is 12.7 Å². The normalized spacial score (nSPS) is 11.1. The Kier molecular flexibility index (Phi) is 6.46. The number of nitrogens with zero attached hydrogens (tertiary/aromatic N) is 2. The van der Waals surface area contributed by atoms with Crippen LogP contribution in [0.5, 0.6) is 0 Å². The molecule has 2 aliphatic rings. The molecule has 178 valence electrons. The zero-order chi connectivity index (χ0) is 26.0. The maximum Gasteiger partial charge on any atom is 0.417 e. The third-order valence-corrected chi connectivity index (χ3v) is 5.64. The van der Waals surface area contributed by atoms with Crippen molar-refractivity contribution in [3.63, 3.8) is 0 Å². The zero-order valence-electron chi connectivity index (χ0n) is 18.4. The van der Waals surface area contributed by atoms with Crippen LogP contribution in [0.25, 0.3) is 22.4 Å². The van der Waals surface area contributed by atoms with Gasteiger partial charge in [-0.25, -0.2) is 8.78 Å². The van der Waals surface area contributed by atoms with Crippen molar-refractivity contribution >= 4 is 0 Å². The Morgan fingerprint density at radius 2 is 1.56 bits per heavy atom. The first kappa shape index (κ1) is 24.4. The fourth-order valence-electron chi connectivity index (χ4n) is 3.67. The van der Waals surface area contributed by atoms with Crippen LogP contribution in [0.1, 0.15) is 22.3 Å². The lowest BCUT2D eigenvalue weighted by atomic mass is 9.95. The van der Waals surface area contributed by atoms with Gasteiger partial charge < -0.3 is 4.57 Å². The maximum atomic E-state index is 14.2. The van der Waals surface area contributed by atoms with Crippen molar-refractivity contribution in [2.75, 3.05) is 0 Å². The number of pyridine rings is 1. The minimum Gasteiger partial charge on any atom is -0.303 e. The topological polar surface area (TPSA) is 45.8 Å². The van der Waals surface area contributed by atoms with Gasteiger partial charge in [-0.3, -0.25) is 4.79 Å². The first-order valence-electron chi connectivity index (χ1n) is 10.5. The van der Waals surface area contributed by atoms with E-state index in [-0.39, 0.29) is 22.4 Å². The fraction of sp³-hybridized carbons (Fsp3) is 0.0714. The highest BCUT2D eigenvalue weighted by Crippen LogP contribution is 2.34. The molecule has 0 atom stereocenters. The largest absolute Gasteiger partial charge is 0.417 e. The van der Waals surface area contributed by atoms with E-state index in [9.17, 15) is 32.0 Å². The SMILES string of the molecule is C#Cc1ccccc1-c1cc(C(F)(F)F)c(C#N)c(=O)n1Cc1ccc(F)cc1F.c1cc2ccc1-2. The molecular formula is C28H15F5N2O. The average Bonchev–Trinajstić information content (AvgIpc) is 2.83. The van der Waals surface area contributed by atoms with E-state index in [1.807, 2.05) is 0 Å². The first-order chi connectivity index (χ1) is 17.1. The molecule has 0 radical (unpaired) electrons. The van der Waals surface area contributed by atoms with E-state index < -0.39 is 41.0 Å². The van der Waals surface area contributed by atoms with Crippen molar-refractivity contribution in [2.45, 2.75) is 12.7 Å². The van der Waals surface area contributed by atoms with Crippen LogP contribution in [0, 0.1) is 35.3 Å². The number of halogens is 5. The van der Waals surface area contributed by atoms with Gasteiger partial charge in [-0.2, -0.15) is 18.4 Å². The molecule has 3 aromatic rings. The maximum absolute atomic E-state index is 14.2. The Hall–Kier alpha value is -4.69. The van der Waals surface area contributed by atoms with Crippen molar-refractivity contribution < 1.29 is 22.0 Å².